The molecule has 12 heteroatoms. The lowest BCUT2D eigenvalue weighted by molar-refractivity contribution is -0.140. The van der Waals surface area contributed by atoms with Crippen LogP contribution in [0.1, 0.15) is 27.5 Å². The van der Waals surface area contributed by atoms with Gasteiger partial charge in [0.25, 0.3) is 5.91 Å². The molecule has 0 bridgehead atoms. The van der Waals surface area contributed by atoms with E-state index in [1.165, 1.54) is 19.2 Å². The topological polar surface area (TPSA) is 103 Å². The number of ether oxygens (including phenoxy) is 1. The molecule has 0 aliphatic carbocycles. The van der Waals surface area contributed by atoms with Gasteiger partial charge in [-0.15, -0.1) is 0 Å². The summed E-state index contributed by atoms with van der Waals surface area (Å²) < 4.78 is 50.5. The Morgan fingerprint density at radius 1 is 1.14 bits per heavy atom. The van der Waals surface area contributed by atoms with Crippen LogP contribution < -0.4 is 15.8 Å². The average Bonchev–Trinajstić information content (AvgIpc) is 3.26. The van der Waals surface area contributed by atoms with Gasteiger partial charge in [-0.3, -0.25) is 4.79 Å². The SMILES string of the molecule is COc1ccc(-c2nc(C(=O)NCc3ccc(Cl)cc3Cl)c(CN)o2)c2ccc(C(F)(F)F)nc12. The minimum absolute atomic E-state index is 0.00524. The molecule has 2 aromatic carbocycles. The van der Waals surface area contributed by atoms with Crippen molar-refractivity contribution in [2.45, 2.75) is 19.3 Å². The maximum absolute atomic E-state index is 13.2. The third-order valence-corrected chi connectivity index (χ3v) is 5.70. The van der Waals surface area contributed by atoms with E-state index in [0.717, 1.165) is 6.07 Å². The summed E-state index contributed by atoms with van der Waals surface area (Å²) in [6, 6.07) is 9.96. The number of pyridine rings is 1. The number of halogens is 5. The second kappa shape index (κ2) is 9.73. The number of hydrogen-bond donors (Lipinski definition) is 2. The number of amides is 1. The van der Waals surface area contributed by atoms with E-state index in [2.05, 4.69) is 15.3 Å². The third-order valence-electron chi connectivity index (χ3n) is 5.11. The fraction of sp³-hybridized carbons (Fsp3) is 0.174. The largest absolute Gasteiger partial charge is 0.494 e. The van der Waals surface area contributed by atoms with Crippen molar-refractivity contribution in [3.8, 4) is 17.2 Å². The number of nitrogens with two attached hydrogens (primary N) is 1. The molecular formula is C23H17Cl2F3N4O3. The Hall–Kier alpha value is -3.34. The van der Waals surface area contributed by atoms with Gasteiger partial charge < -0.3 is 20.2 Å². The van der Waals surface area contributed by atoms with E-state index in [0.29, 0.717) is 26.6 Å². The summed E-state index contributed by atoms with van der Waals surface area (Å²) in [5.41, 5.74) is 5.53. The molecule has 0 saturated carbocycles. The van der Waals surface area contributed by atoms with Crippen LogP contribution in [-0.4, -0.2) is 23.0 Å². The summed E-state index contributed by atoms with van der Waals surface area (Å²) in [5, 5.41) is 3.83. The number of fused-ring (bicyclic) bond motifs is 1. The fourth-order valence-electron chi connectivity index (χ4n) is 3.41. The van der Waals surface area contributed by atoms with Crippen LogP contribution in [0.4, 0.5) is 13.2 Å². The molecule has 0 unspecified atom stereocenters. The number of nitrogens with zero attached hydrogens (tertiary/aromatic N) is 2. The van der Waals surface area contributed by atoms with Crippen molar-refractivity contribution >= 4 is 40.0 Å². The highest BCUT2D eigenvalue weighted by Crippen LogP contribution is 2.37. The third kappa shape index (κ3) is 5.04. The van der Waals surface area contributed by atoms with Crippen molar-refractivity contribution in [1.29, 1.82) is 0 Å². The fourth-order valence-corrected chi connectivity index (χ4v) is 3.88. The predicted molar refractivity (Wildman–Crippen MR) is 124 cm³/mol. The number of methoxy groups -OCH3 is 1. The molecule has 0 saturated heterocycles. The second-order valence-electron chi connectivity index (χ2n) is 7.32. The molecule has 1 amide bonds. The van der Waals surface area contributed by atoms with Crippen LogP contribution in [0.5, 0.6) is 5.75 Å². The highest BCUT2D eigenvalue weighted by Gasteiger charge is 2.33. The second-order valence-corrected chi connectivity index (χ2v) is 8.16. The first kappa shape index (κ1) is 24.8. The van der Waals surface area contributed by atoms with Crippen LogP contribution in [0, 0.1) is 0 Å². The van der Waals surface area contributed by atoms with Gasteiger partial charge in [0.15, 0.2) is 11.5 Å². The van der Waals surface area contributed by atoms with Crippen molar-refractivity contribution < 1.29 is 27.1 Å². The van der Waals surface area contributed by atoms with E-state index < -0.39 is 17.8 Å². The van der Waals surface area contributed by atoms with Crippen molar-refractivity contribution in [3.63, 3.8) is 0 Å². The zero-order chi connectivity index (χ0) is 25.3. The first-order chi connectivity index (χ1) is 16.6. The first-order valence-corrected chi connectivity index (χ1v) is 10.8. The van der Waals surface area contributed by atoms with Gasteiger partial charge in [0.05, 0.1) is 13.7 Å². The molecule has 0 fully saturated rings. The number of rotatable bonds is 6. The lowest BCUT2D eigenvalue weighted by Gasteiger charge is -2.11. The summed E-state index contributed by atoms with van der Waals surface area (Å²) in [6.45, 7) is -0.0430. The Morgan fingerprint density at radius 3 is 2.57 bits per heavy atom. The van der Waals surface area contributed by atoms with Crippen LogP contribution in [0.3, 0.4) is 0 Å². The number of aromatic nitrogens is 2. The molecule has 182 valence electrons. The molecule has 7 nitrogen and oxygen atoms in total. The van der Waals surface area contributed by atoms with E-state index in [1.54, 1.807) is 24.3 Å². The minimum Gasteiger partial charge on any atom is -0.494 e. The summed E-state index contributed by atoms with van der Waals surface area (Å²) in [5.74, 6) is -0.335. The number of benzene rings is 2. The Balaban J connectivity index is 1.70. The lowest BCUT2D eigenvalue weighted by Crippen LogP contribution is -2.24. The van der Waals surface area contributed by atoms with Crippen molar-refractivity contribution in [2.24, 2.45) is 5.73 Å². The average molecular weight is 525 g/mol. The van der Waals surface area contributed by atoms with Gasteiger partial charge >= 0.3 is 6.18 Å². The number of alkyl halides is 3. The number of nitrogens with one attached hydrogen (secondary N) is 1. The van der Waals surface area contributed by atoms with Gasteiger partial charge in [-0.2, -0.15) is 13.2 Å². The predicted octanol–water partition coefficient (Wildman–Crippen LogP) is 5.61. The van der Waals surface area contributed by atoms with Crippen molar-refractivity contribution in [3.05, 3.63) is 75.2 Å². The van der Waals surface area contributed by atoms with E-state index >= 15 is 0 Å². The van der Waals surface area contributed by atoms with Gasteiger partial charge in [-0.1, -0.05) is 29.3 Å². The van der Waals surface area contributed by atoms with Crippen LogP contribution in [0.15, 0.2) is 46.9 Å². The van der Waals surface area contributed by atoms with E-state index in [1.807, 2.05) is 0 Å². The molecule has 4 aromatic rings. The molecule has 4 rings (SSSR count). The van der Waals surface area contributed by atoms with E-state index in [4.69, 9.17) is 38.1 Å². The van der Waals surface area contributed by atoms with Crippen LogP contribution in [-0.2, 0) is 19.3 Å². The van der Waals surface area contributed by atoms with E-state index in [-0.39, 0.29) is 41.7 Å². The first-order valence-electron chi connectivity index (χ1n) is 10.1. The molecule has 0 atom stereocenters. The van der Waals surface area contributed by atoms with Gasteiger partial charge in [-0.05, 0) is 42.0 Å². The monoisotopic (exact) mass is 524 g/mol. The Bertz CT molecular complexity index is 1420. The summed E-state index contributed by atoms with van der Waals surface area (Å²) in [7, 11) is 1.32. The van der Waals surface area contributed by atoms with Crippen LogP contribution >= 0.6 is 23.2 Å². The highest BCUT2D eigenvalue weighted by molar-refractivity contribution is 6.35. The van der Waals surface area contributed by atoms with Crippen LogP contribution in [0.2, 0.25) is 10.0 Å². The number of oxazole rings is 1. The molecule has 2 heterocycles. The maximum Gasteiger partial charge on any atom is 0.433 e. The summed E-state index contributed by atoms with van der Waals surface area (Å²) in [4.78, 5) is 20.8. The molecular weight excluding hydrogens is 508 g/mol. The molecule has 3 N–H and O–H groups in total. The number of hydrogen-bond acceptors (Lipinski definition) is 6. The smallest absolute Gasteiger partial charge is 0.433 e. The quantitative estimate of drug-likeness (QED) is 0.339. The molecule has 0 aliphatic rings. The Morgan fingerprint density at radius 2 is 1.91 bits per heavy atom. The van der Waals surface area contributed by atoms with Gasteiger partial charge in [-0.25, -0.2) is 9.97 Å². The molecule has 0 spiro atoms. The maximum atomic E-state index is 13.2. The zero-order valence-electron chi connectivity index (χ0n) is 18.0. The van der Waals surface area contributed by atoms with Crippen LogP contribution in [0.25, 0.3) is 22.4 Å². The Labute approximate surface area is 207 Å². The summed E-state index contributed by atoms with van der Waals surface area (Å²) in [6.07, 6.45) is -4.64. The van der Waals surface area contributed by atoms with Crippen molar-refractivity contribution in [1.82, 2.24) is 15.3 Å². The van der Waals surface area contributed by atoms with Gasteiger partial charge in [0, 0.05) is 27.5 Å². The number of carbonyl (C=O) groups excluding carboxylic acids is 1. The minimum atomic E-state index is -4.64. The molecule has 35 heavy (non-hydrogen) atoms. The normalized spacial score (nSPS) is 11.6. The van der Waals surface area contributed by atoms with Gasteiger partial charge in [0.1, 0.15) is 17.0 Å². The number of carbonyl (C=O) groups is 1. The highest BCUT2D eigenvalue weighted by atomic mass is 35.5. The Kier molecular flexibility index (Phi) is 6.88. The zero-order valence-corrected chi connectivity index (χ0v) is 19.6. The van der Waals surface area contributed by atoms with Gasteiger partial charge in [0.2, 0.25) is 5.89 Å². The molecule has 0 aliphatic heterocycles. The van der Waals surface area contributed by atoms with Crippen molar-refractivity contribution in [2.75, 3.05) is 7.11 Å². The van der Waals surface area contributed by atoms with E-state index in [9.17, 15) is 18.0 Å². The lowest BCUT2D eigenvalue weighted by atomic mass is 10.1. The summed E-state index contributed by atoms with van der Waals surface area (Å²) >= 11 is 12.0. The standard InChI is InChI=1S/C23H17Cl2F3N4O3/c1-34-16-6-4-14(13-5-7-18(23(26,27)28)31-19(13)16)22-32-20(17(9-29)35-22)21(33)30-10-11-2-3-12(24)8-15(11)25/h2-8H,9-10,29H2,1H3,(H,30,33). The molecule has 0 radical (unpaired) electrons. The molecule has 2 aromatic heterocycles.